The summed E-state index contributed by atoms with van der Waals surface area (Å²) in [5.41, 5.74) is 5.49. The van der Waals surface area contributed by atoms with Gasteiger partial charge in [-0.1, -0.05) is 33.1 Å². The van der Waals surface area contributed by atoms with Crippen molar-refractivity contribution in [1.82, 2.24) is 15.5 Å². The minimum absolute atomic E-state index is 0.314. The Morgan fingerprint density at radius 2 is 1.65 bits per heavy atom. The molecule has 0 saturated carbocycles. The molecule has 0 saturated heterocycles. The van der Waals surface area contributed by atoms with Crippen molar-refractivity contribution in [1.29, 1.82) is 0 Å². The summed E-state index contributed by atoms with van der Waals surface area (Å²) in [5, 5.41) is 26.4. The largest absolute Gasteiger partial charge is 0.450 e. The average molecular weight is 535 g/mol. The Bertz CT molecular complexity index is 504. The maximum atomic E-state index is 11.4. The van der Waals surface area contributed by atoms with E-state index >= 15 is 0 Å². The van der Waals surface area contributed by atoms with Crippen LogP contribution in [0.1, 0.15) is 72.1 Å². The van der Waals surface area contributed by atoms with Crippen LogP contribution in [0, 0.1) is 5.92 Å². The zero-order chi connectivity index (χ0) is 27.6. The second-order valence-electron chi connectivity index (χ2n) is 9.67. The summed E-state index contributed by atoms with van der Waals surface area (Å²) in [5.74, 6) is 0.363. The average Bonchev–Trinajstić information content (AvgIpc) is 2.88. The van der Waals surface area contributed by atoms with Gasteiger partial charge in [0.05, 0.1) is 32.0 Å². The Kier molecular flexibility index (Phi) is 25.9. The van der Waals surface area contributed by atoms with Crippen LogP contribution in [0.15, 0.2) is 0 Å². The molecular weight excluding hydrogens is 476 g/mol. The van der Waals surface area contributed by atoms with Gasteiger partial charge in [0.15, 0.2) is 0 Å². The first kappa shape index (κ1) is 36.0. The summed E-state index contributed by atoms with van der Waals surface area (Å²) >= 11 is 0. The molecule has 0 heterocycles. The van der Waals surface area contributed by atoms with Gasteiger partial charge < -0.3 is 45.7 Å². The third kappa shape index (κ3) is 23.8. The maximum absolute atomic E-state index is 11.4. The van der Waals surface area contributed by atoms with Gasteiger partial charge in [-0.3, -0.25) is 0 Å². The summed E-state index contributed by atoms with van der Waals surface area (Å²) in [7, 11) is 0. The number of nitrogens with two attached hydrogens (primary N) is 1. The quantitative estimate of drug-likeness (QED) is 0.100. The highest BCUT2D eigenvalue weighted by molar-refractivity contribution is 5.66. The van der Waals surface area contributed by atoms with Gasteiger partial charge in [0, 0.05) is 39.4 Å². The highest BCUT2D eigenvalue weighted by Crippen LogP contribution is 2.10. The second kappa shape index (κ2) is 26.6. The van der Waals surface area contributed by atoms with Crippen molar-refractivity contribution >= 4 is 6.09 Å². The van der Waals surface area contributed by atoms with Gasteiger partial charge in [0.2, 0.25) is 0 Å². The summed E-state index contributed by atoms with van der Waals surface area (Å²) < 4.78 is 16.3. The van der Waals surface area contributed by atoms with Crippen LogP contribution in [0.5, 0.6) is 0 Å². The maximum Gasteiger partial charge on any atom is 0.407 e. The molecule has 0 radical (unpaired) electrons. The zero-order valence-corrected chi connectivity index (χ0v) is 23.9. The van der Waals surface area contributed by atoms with E-state index in [-0.39, 0.29) is 0 Å². The topological polar surface area (TPSA) is 139 Å². The van der Waals surface area contributed by atoms with Crippen molar-refractivity contribution in [3.63, 3.8) is 0 Å². The van der Waals surface area contributed by atoms with E-state index in [1.807, 2.05) is 0 Å². The highest BCUT2D eigenvalue weighted by atomic mass is 16.5. The third-order valence-corrected chi connectivity index (χ3v) is 6.20. The molecule has 0 bridgehead atoms. The normalized spacial score (nSPS) is 14.0. The van der Waals surface area contributed by atoms with Gasteiger partial charge in [-0.05, 0) is 64.6 Å². The highest BCUT2D eigenvalue weighted by Gasteiger charge is 2.13. The van der Waals surface area contributed by atoms with Crippen LogP contribution in [0.3, 0.4) is 0 Å². The van der Waals surface area contributed by atoms with E-state index in [1.54, 1.807) is 6.92 Å². The van der Waals surface area contributed by atoms with Crippen molar-refractivity contribution < 1.29 is 29.2 Å². The predicted molar refractivity (Wildman–Crippen MR) is 149 cm³/mol. The van der Waals surface area contributed by atoms with Gasteiger partial charge in [-0.2, -0.15) is 0 Å². The Balaban J connectivity index is 3.87. The number of alkyl carbamates (subject to hydrolysis) is 1. The lowest BCUT2D eigenvalue weighted by Gasteiger charge is -2.23. The number of aliphatic hydroxyl groups excluding tert-OH is 2. The fourth-order valence-electron chi connectivity index (χ4n) is 3.89. The number of rotatable bonds is 27. The first-order chi connectivity index (χ1) is 18.0. The molecule has 6 N–H and O–H groups in total. The van der Waals surface area contributed by atoms with Crippen molar-refractivity contribution in [3.8, 4) is 0 Å². The molecule has 0 aromatic heterocycles. The minimum atomic E-state index is -0.519. The number of unbranched alkanes of at least 4 members (excludes halogenated alkanes) is 3. The molecule has 0 fully saturated rings. The Hall–Kier alpha value is -1.01. The van der Waals surface area contributed by atoms with Crippen LogP contribution < -0.4 is 16.4 Å². The van der Waals surface area contributed by atoms with Crippen LogP contribution in [0.25, 0.3) is 0 Å². The van der Waals surface area contributed by atoms with Crippen molar-refractivity contribution in [3.05, 3.63) is 0 Å². The van der Waals surface area contributed by atoms with E-state index in [0.29, 0.717) is 58.5 Å². The van der Waals surface area contributed by atoms with Crippen LogP contribution in [-0.2, 0) is 14.2 Å². The lowest BCUT2D eigenvalue weighted by atomic mass is 10.0. The summed E-state index contributed by atoms with van der Waals surface area (Å²) in [6, 6.07) is 0. The van der Waals surface area contributed by atoms with Crippen molar-refractivity contribution in [2.75, 3.05) is 78.8 Å². The monoisotopic (exact) mass is 534 g/mol. The van der Waals surface area contributed by atoms with Crippen molar-refractivity contribution in [2.24, 2.45) is 11.7 Å². The van der Waals surface area contributed by atoms with E-state index in [4.69, 9.17) is 19.9 Å². The molecule has 0 spiro atoms. The molecule has 0 aliphatic heterocycles. The fraction of sp³-hybridized carbons (Fsp3) is 0.963. The first-order valence-electron chi connectivity index (χ1n) is 14.5. The Morgan fingerprint density at radius 1 is 0.892 bits per heavy atom. The molecule has 0 aromatic carbocycles. The molecule has 0 aliphatic carbocycles. The molecule has 3 atom stereocenters. The van der Waals surface area contributed by atoms with E-state index in [1.165, 1.54) is 12.8 Å². The minimum Gasteiger partial charge on any atom is -0.450 e. The number of ether oxygens (including phenoxy) is 3. The standard InChI is InChI=1S/C27H58N4O6/c1-4-16-31(18-15-30-27(34)37-6-3)17-11-25(32)22-36-21-24(5-2)12-19-35-23-26(33)20-29-14-10-8-7-9-13-28/h24-26,29,32-33H,4-23,28H2,1-3H3,(H,30,34). The number of nitrogens with one attached hydrogen (secondary N) is 2. The number of hydrogen-bond donors (Lipinski definition) is 5. The first-order valence-corrected chi connectivity index (χ1v) is 14.5. The third-order valence-electron chi connectivity index (χ3n) is 6.20. The number of carbonyl (C=O) groups excluding carboxylic acids is 1. The van der Waals surface area contributed by atoms with Gasteiger partial charge >= 0.3 is 6.09 Å². The van der Waals surface area contributed by atoms with E-state index in [0.717, 1.165) is 64.8 Å². The molecule has 37 heavy (non-hydrogen) atoms. The number of nitrogens with zero attached hydrogens (tertiary/aromatic N) is 1. The molecule has 10 nitrogen and oxygen atoms in total. The Morgan fingerprint density at radius 3 is 2.35 bits per heavy atom. The molecule has 3 unspecified atom stereocenters. The molecule has 10 heteroatoms. The number of amides is 1. The van der Waals surface area contributed by atoms with E-state index in [9.17, 15) is 15.0 Å². The fourth-order valence-corrected chi connectivity index (χ4v) is 3.89. The van der Waals surface area contributed by atoms with Gasteiger partial charge in [0.25, 0.3) is 0 Å². The SMILES string of the molecule is CCCN(CCNC(=O)OCC)CCC(O)COCC(CC)CCOCC(O)CNCCCCCCN. The number of aliphatic hydroxyl groups is 2. The van der Waals surface area contributed by atoms with Crippen LogP contribution in [-0.4, -0.2) is 112 Å². The smallest absolute Gasteiger partial charge is 0.407 e. The lowest BCUT2D eigenvalue weighted by molar-refractivity contribution is -0.000200. The van der Waals surface area contributed by atoms with Crippen molar-refractivity contribution in [2.45, 2.75) is 84.3 Å². The molecule has 222 valence electrons. The lowest BCUT2D eigenvalue weighted by Crippen LogP contribution is -2.37. The second-order valence-corrected chi connectivity index (χ2v) is 9.67. The van der Waals surface area contributed by atoms with Crippen LogP contribution in [0.4, 0.5) is 4.79 Å². The predicted octanol–water partition coefficient (Wildman–Crippen LogP) is 2.11. The van der Waals surface area contributed by atoms with Gasteiger partial charge in [-0.25, -0.2) is 4.79 Å². The van der Waals surface area contributed by atoms with Gasteiger partial charge in [0.1, 0.15) is 0 Å². The summed E-state index contributed by atoms with van der Waals surface area (Å²) in [6.07, 6.45) is 6.59. The summed E-state index contributed by atoms with van der Waals surface area (Å²) in [6.45, 7) is 13.3. The zero-order valence-electron chi connectivity index (χ0n) is 23.9. The Labute approximate surface area is 226 Å². The van der Waals surface area contributed by atoms with Crippen LogP contribution >= 0.6 is 0 Å². The molecule has 1 amide bonds. The molecule has 0 aromatic rings. The van der Waals surface area contributed by atoms with Gasteiger partial charge in [-0.15, -0.1) is 0 Å². The van der Waals surface area contributed by atoms with E-state index < -0.39 is 18.3 Å². The molecular formula is C27H58N4O6. The number of carbonyl (C=O) groups is 1. The van der Waals surface area contributed by atoms with Crippen LogP contribution in [0.2, 0.25) is 0 Å². The molecule has 0 aliphatic rings. The molecule has 0 rings (SSSR count). The van der Waals surface area contributed by atoms with E-state index in [2.05, 4.69) is 29.4 Å². The number of hydrogen-bond acceptors (Lipinski definition) is 9. The summed E-state index contributed by atoms with van der Waals surface area (Å²) in [4.78, 5) is 13.6.